The summed E-state index contributed by atoms with van der Waals surface area (Å²) in [5.41, 5.74) is -3.44. The topological polar surface area (TPSA) is 292 Å². The molecule has 0 spiro atoms. The number of carboxylic acids is 6. The summed E-state index contributed by atoms with van der Waals surface area (Å²) < 4.78 is 0. The molecule has 62 heavy (non-hydrogen) atoms. The monoisotopic (exact) mass is 1030 g/mol. The second-order valence-electron chi connectivity index (χ2n) is 12.1. The van der Waals surface area contributed by atoms with Gasteiger partial charge in [-0.1, -0.05) is 72.9 Å². The number of aliphatic carboxylic acids is 6. The molecule has 0 aromatic heterocycles. The van der Waals surface area contributed by atoms with Crippen LogP contribution in [0.2, 0.25) is 0 Å². The fraction of sp³-hybridized carbons (Fsp3) is 0.267. The van der Waals surface area contributed by atoms with Crippen LogP contribution in [-0.4, -0.2) is 53.2 Å². The standard InChI is InChI=1S/3C15H18O5.2Ru/c3*1-5-7-9(3)11(14(17)18)13(16)12(15(19)20)10(4)8-6-2;;/h3*5-8H,1-4H3,(H,17,18)(H,19,20);;/q;;;2*+3/p-6. The predicted octanol–water partition coefficient (Wildman–Crippen LogP) is -0.483. The van der Waals surface area contributed by atoms with E-state index in [-0.39, 0.29) is 72.4 Å². The van der Waals surface area contributed by atoms with Crippen molar-refractivity contribution in [2.75, 3.05) is 0 Å². The second kappa shape index (κ2) is 33.6. The van der Waals surface area contributed by atoms with Gasteiger partial charge in [0.1, 0.15) is 0 Å². The Hall–Kier alpha value is -6.04. The van der Waals surface area contributed by atoms with Crippen LogP contribution >= 0.6 is 0 Å². The first kappa shape index (κ1) is 65.1. The maximum atomic E-state index is 12.1. The van der Waals surface area contributed by atoms with E-state index in [1.807, 2.05) is 0 Å². The molecule has 0 saturated carbocycles. The molecule has 17 heteroatoms. The van der Waals surface area contributed by atoms with E-state index in [9.17, 15) is 73.8 Å². The first-order valence-corrected chi connectivity index (χ1v) is 17.8. The van der Waals surface area contributed by atoms with E-state index >= 15 is 0 Å². The van der Waals surface area contributed by atoms with Gasteiger partial charge in [0.2, 0.25) is 0 Å². The summed E-state index contributed by atoms with van der Waals surface area (Å²) in [6, 6.07) is 0. The van der Waals surface area contributed by atoms with Crippen LogP contribution in [0.4, 0.5) is 0 Å². The van der Waals surface area contributed by atoms with E-state index in [0.717, 1.165) is 0 Å². The van der Waals surface area contributed by atoms with Gasteiger partial charge in [-0.05, 0) is 117 Å². The zero-order chi connectivity index (χ0) is 47.6. The van der Waals surface area contributed by atoms with Crippen molar-refractivity contribution in [1.29, 1.82) is 0 Å². The van der Waals surface area contributed by atoms with Gasteiger partial charge in [0.15, 0.2) is 17.3 Å². The Labute approximate surface area is 387 Å². The van der Waals surface area contributed by atoms with Gasteiger partial charge in [-0.3, -0.25) is 14.4 Å². The number of allylic oxidation sites excluding steroid dienone is 18. The summed E-state index contributed by atoms with van der Waals surface area (Å²) in [6.07, 6.45) is 17.5. The van der Waals surface area contributed by atoms with E-state index in [4.69, 9.17) is 0 Å². The van der Waals surface area contributed by atoms with E-state index < -0.39 is 86.6 Å². The zero-order valence-corrected chi connectivity index (χ0v) is 39.7. The number of hydrogen-bond donors (Lipinski definition) is 0. The van der Waals surface area contributed by atoms with E-state index in [2.05, 4.69) is 0 Å². The minimum atomic E-state index is -1.72. The van der Waals surface area contributed by atoms with Gasteiger partial charge < -0.3 is 59.4 Å². The fourth-order valence-electron chi connectivity index (χ4n) is 4.97. The van der Waals surface area contributed by atoms with Crippen molar-refractivity contribution in [2.45, 2.75) is 83.1 Å². The van der Waals surface area contributed by atoms with Gasteiger partial charge in [0, 0.05) is 33.4 Å². The molecule has 0 bridgehead atoms. The number of rotatable bonds is 18. The van der Waals surface area contributed by atoms with Crippen molar-refractivity contribution >= 4 is 53.2 Å². The van der Waals surface area contributed by atoms with Crippen LogP contribution in [0.1, 0.15) is 83.1 Å². The molecule has 15 nitrogen and oxygen atoms in total. The zero-order valence-electron chi connectivity index (χ0n) is 36.3. The normalized spacial score (nSPS) is 13.7. The van der Waals surface area contributed by atoms with Crippen LogP contribution in [0, 0.1) is 0 Å². The molecule has 0 amide bonds. The van der Waals surface area contributed by atoms with Crippen molar-refractivity contribution in [3.05, 3.63) is 140 Å². The molecule has 0 aromatic carbocycles. The van der Waals surface area contributed by atoms with Crippen LogP contribution < -0.4 is 30.6 Å². The molecule has 2 radical (unpaired) electrons. The molecule has 0 unspecified atom stereocenters. The number of carbonyl (C=O) groups is 9. The molecule has 0 heterocycles. The molecule has 0 aliphatic heterocycles. The Bertz CT molecular complexity index is 1740. The first-order chi connectivity index (χ1) is 27.8. The molecule has 0 aromatic rings. The van der Waals surface area contributed by atoms with E-state index in [0.29, 0.717) is 0 Å². The summed E-state index contributed by atoms with van der Waals surface area (Å²) in [4.78, 5) is 103. The summed E-state index contributed by atoms with van der Waals surface area (Å²) in [5.74, 6) is -13.7. The number of carbonyl (C=O) groups excluding carboxylic acids is 9. The summed E-state index contributed by atoms with van der Waals surface area (Å²) in [5, 5.41) is 66.5. The fourth-order valence-corrected chi connectivity index (χ4v) is 4.97. The summed E-state index contributed by atoms with van der Waals surface area (Å²) >= 11 is 0. The molecule has 0 atom stereocenters. The number of hydrogen-bond acceptors (Lipinski definition) is 15. The van der Waals surface area contributed by atoms with Gasteiger partial charge in [-0.2, -0.15) is 0 Å². The molecule has 0 aliphatic carbocycles. The van der Waals surface area contributed by atoms with Crippen molar-refractivity contribution in [2.24, 2.45) is 0 Å². The van der Waals surface area contributed by atoms with Gasteiger partial charge >= 0.3 is 39.0 Å². The predicted molar refractivity (Wildman–Crippen MR) is 210 cm³/mol. The number of ketones is 3. The van der Waals surface area contributed by atoms with E-state index in [1.165, 1.54) is 114 Å². The quantitative estimate of drug-likeness (QED) is 0.0551. The van der Waals surface area contributed by atoms with Crippen LogP contribution in [0.25, 0.3) is 0 Å². The summed E-state index contributed by atoms with van der Waals surface area (Å²) in [7, 11) is 0. The Balaban J connectivity index is -0.000000258. The average Bonchev–Trinajstić information content (AvgIpc) is 3.09. The van der Waals surface area contributed by atoms with Gasteiger partial charge in [-0.15, -0.1) is 0 Å². The van der Waals surface area contributed by atoms with Crippen LogP contribution in [0.3, 0.4) is 0 Å². The molecule has 0 aliphatic rings. The minimum Gasteiger partial charge on any atom is -0.545 e. The van der Waals surface area contributed by atoms with Crippen molar-refractivity contribution in [3.8, 4) is 0 Å². The second-order valence-corrected chi connectivity index (χ2v) is 12.1. The minimum absolute atomic E-state index is 0. The third-order valence-electron chi connectivity index (χ3n) is 7.45. The molecule has 334 valence electrons. The molecule has 0 N–H and O–H groups in total. The molecule has 0 rings (SSSR count). The van der Waals surface area contributed by atoms with Crippen molar-refractivity contribution < 1.29 is 113 Å². The molecular weight excluding hydrogens is 983 g/mol. The van der Waals surface area contributed by atoms with Crippen molar-refractivity contribution in [1.82, 2.24) is 0 Å². The van der Waals surface area contributed by atoms with Gasteiger partial charge in [0.25, 0.3) is 0 Å². The third-order valence-corrected chi connectivity index (χ3v) is 7.45. The smallest absolute Gasteiger partial charge is 0.545 e. The third kappa shape index (κ3) is 21.5. The Morgan fingerprint density at radius 2 is 0.355 bits per heavy atom. The SMILES string of the molecule is CC=CC(C)=C(C(=O)[O-])C(=O)C(C(=O)[O-])=C(C)C=CC.CC=CC(C)=C(C(=O)[O-])C(=O)C(C(=O)[O-])=C(C)C=CC.CC=CC(C)=C(C(=O)[O-])C(=O)C(C(=O)[O-])=C(C)C=CC.[Ru+3].[Ru+3]. The van der Waals surface area contributed by atoms with Gasteiger partial charge in [-0.25, -0.2) is 0 Å². The van der Waals surface area contributed by atoms with Crippen LogP contribution in [-0.2, 0) is 82.1 Å². The van der Waals surface area contributed by atoms with Crippen LogP contribution in [0.15, 0.2) is 140 Å². The number of Topliss-reactive ketones (excluding diaryl/α,β-unsaturated/α-hetero) is 3. The summed E-state index contributed by atoms with van der Waals surface area (Å²) in [6.45, 7) is 18.2. The van der Waals surface area contributed by atoms with Gasteiger partial charge in [0.05, 0.1) is 35.8 Å². The Morgan fingerprint density at radius 3 is 0.419 bits per heavy atom. The molecule has 0 saturated heterocycles. The van der Waals surface area contributed by atoms with Crippen LogP contribution in [0.5, 0.6) is 0 Å². The van der Waals surface area contributed by atoms with E-state index in [1.54, 1.807) is 41.5 Å². The molecule has 0 fully saturated rings. The van der Waals surface area contributed by atoms with Crippen molar-refractivity contribution in [3.63, 3.8) is 0 Å². The first-order valence-electron chi connectivity index (χ1n) is 17.8. The maximum Gasteiger partial charge on any atom is 3.00 e. The maximum absolute atomic E-state index is 12.1. The Morgan fingerprint density at radius 1 is 0.258 bits per heavy atom. The largest absolute Gasteiger partial charge is 3.00 e. The average molecular weight is 1030 g/mol. The Kier molecular flexibility index (Phi) is 35.3. The molecular formula is C45H48O15Ru2. The number of carboxylic acid groups (broad SMARTS) is 6.